The molecule has 0 aromatic heterocycles. The molecule has 1 amide bonds. The predicted molar refractivity (Wildman–Crippen MR) is 127 cm³/mol. The maximum Gasteiger partial charge on any atom is 0.256 e. The number of halogens is 1. The van der Waals surface area contributed by atoms with E-state index in [2.05, 4.69) is 49.8 Å². The molecule has 0 saturated carbocycles. The van der Waals surface area contributed by atoms with Crippen molar-refractivity contribution in [1.82, 2.24) is 4.90 Å². The van der Waals surface area contributed by atoms with E-state index in [0.717, 1.165) is 37.6 Å². The zero-order chi connectivity index (χ0) is 22.9. The van der Waals surface area contributed by atoms with Crippen LogP contribution < -0.4 is 9.80 Å². The average Bonchev–Trinajstić information content (AvgIpc) is 2.76. The summed E-state index contributed by atoms with van der Waals surface area (Å²) in [4.78, 5) is 19.6. The van der Waals surface area contributed by atoms with Crippen LogP contribution in [0.2, 0.25) is 0 Å². The number of amides is 1. The summed E-state index contributed by atoms with van der Waals surface area (Å²) in [7, 11) is 2.10. The van der Waals surface area contributed by atoms with E-state index in [4.69, 9.17) is 4.74 Å². The topological polar surface area (TPSA) is 36.0 Å². The van der Waals surface area contributed by atoms with Crippen molar-refractivity contribution >= 4 is 17.3 Å². The highest BCUT2D eigenvalue weighted by atomic mass is 19.1. The third kappa shape index (κ3) is 4.81. The molecule has 2 heterocycles. The molecule has 0 spiro atoms. The fourth-order valence-corrected chi connectivity index (χ4v) is 4.46. The molecule has 0 bridgehead atoms. The molecule has 1 unspecified atom stereocenters. The van der Waals surface area contributed by atoms with Gasteiger partial charge >= 0.3 is 0 Å². The lowest BCUT2D eigenvalue weighted by Crippen LogP contribution is -2.49. The lowest BCUT2D eigenvalue weighted by Gasteiger charge is -2.36. The molecule has 1 atom stereocenters. The van der Waals surface area contributed by atoms with Crippen LogP contribution in [0.25, 0.3) is 0 Å². The number of ether oxygens (including phenoxy) is 1. The van der Waals surface area contributed by atoms with Crippen LogP contribution in [0.3, 0.4) is 0 Å². The Bertz CT molecular complexity index is 947. The largest absolute Gasteiger partial charge is 0.369 e. The van der Waals surface area contributed by atoms with Crippen LogP contribution >= 0.6 is 0 Å². The van der Waals surface area contributed by atoms with Crippen LogP contribution in [0.1, 0.15) is 31.9 Å². The van der Waals surface area contributed by atoms with Crippen LogP contribution in [-0.4, -0.2) is 63.3 Å². The lowest BCUT2D eigenvalue weighted by molar-refractivity contribution is -0.133. The minimum absolute atomic E-state index is 0.0561. The second kappa shape index (κ2) is 9.20. The average molecular weight is 440 g/mol. The number of hydrogen-bond acceptors (Lipinski definition) is 4. The summed E-state index contributed by atoms with van der Waals surface area (Å²) in [5.41, 5.74) is 3.59. The molecule has 0 N–H and O–H groups in total. The smallest absolute Gasteiger partial charge is 0.256 e. The number of rotatable bonds is 4. The van der Waals surface area contributed by atoms with Crippen molar-refractivity contribution in [3.63, 3.8) is 0 Å². The zero-order valence-corrected chi connectivity index (χ0v) is 19.6. The minimum atomic E-state index is -0.686. The maximum absolute atomic E-state index is 14.9. The predicted octanol–water partition coefficient (Wildman–Crippen LogP) is 3.85. The Balaban J connectivity index is 1.53. The van der Waals surface area contributed by atoms with Gasteiger partial charge in [-0.25, -0.2) is 4.39 Å². The van der Waals surface area contributed by atoms with Crippen molar-refractivity contribution in [3.05, 3.63) is 59.4 Å². The Morgan fingerprint density at radius 3 is 2.34 bits per heavy atom. The van der Waals surface area contributed by atoms with Gasteiger partial charge in [-0.3, -0.25) is 4.79 Å². The summed E-state index contributed by atoms with van der Waals surface area (Å²) in [5.74, 6) is -0.378. The first kappa shape index (κ1) is 22.7. The van der Waals surface area contributed by atoms with Gasteiger partial charge in [0.25, 0.3) is 5.91 Å². The third-order valence-electron chi connectivity index (χ3n) is 6.55. The quantitative estimate of drug-likeness (QED) is 0.725. The van der Waals surface area contributed by atoms with Gasteiger partial charge in [-0.1, -0.05) is 39.0 Å². The molecule has 2 aliphatic rings. The van der Waals surface area contributed by atoms with E-state index in [-0.39, 0.29) is 23.6 Å². The van der Waals surface area contributed by atoms with Gasteiger partial charge in [0.2, 0.25) is 0 Å². The van der Waals surface area contributed by atoms with Crippen LogP contribution in [0, 0.1) is 5.82 Å². The fourth-order valence-electron chi connectivity index (χ4n) is 4.46. The van der Waals surface area contributed by atoms with Crippen LogP contribution in [-0.2, 0) is 21.4 Å². The maximum atomic E-state index is 14.9. The highest BCUT2D eigenvalue weighted by Crippen LogP contribution is 2.30. The van der Waals surface area contributed by atoms with Gasteiger partial charge in [-0.15, -0.1) is 0 Å². The highest BCUT2D eigenvalue weighted by molar-refractivity contribution is 5.97. The molecule has 2 aromatic rings. The van der Waals surface area contributed by atoms with Crippen LogP contribution in [0.4, 0.5) is 15.8 Å². The molecule has 32 heavy (non-hydrogen) atoms. The number of nitrogens with zero attached hydrogens (tertiary/aromatic N) is 3. The van der Waals surface area contributed by atoms with E-state index in [0.29, 0.717) is 18.7 Å². The van der Waals surface area contributed by atoms with Gasteiger partial charge in [0.15, 0.2) is 0 Å². The zero-order valence-electron chi connectivity index (χ0n) is 19.6. The van der Waals surface area contributed by atoms with Crippen molar-refractivity contribution in [2.75, 3.05) is 56.2 Å². The lowest BCUT2D eigenvalue weighted by atomic mass is 9.87. The van der Waals surface area contributed by atoms with Gasteiger partial charge in [0, 0.05) is 56.1 Å². The molecule has 0 aliphatic carbocycles. The van der Waals surface area contributed by atoms with E-state index < -0.39 is 6.10 Å². The van der Waals surface area contributed by atoms with Crippen molar-refractivity contribution < 1.29 is 13.9 Å². The Morgan fingerprint density at radius 2 is 1.69 bits per heavy atom. The molecule has 5 nitrogen and oxygen atoms in total. The van der Waals surface area contributed by atoms with Crippen molar-refractivity contribution in [3.8, 4) is 0 Å². The van der Waals surface area contributed by atoms with Crippen LogP contribution in [0.5, 0.6) is 0 Å². The van der Waals surface area contributed by atoms with E-state index in [9.17, 15) is 9.18 Å². The first-order valence-corrected chi connectivity index (χ1v) is 11.5. The molecule has 2 saturated heterocycles. The Morgan fingerprint density at radius 1 is 1.00 bits per heavy atom. The second-order valence-electron chi connectivity index (χ2n) is 9.88. The number of likely N-dealkylation sites (N-methyl/N-ethyl adjacent to an activating group) is 1. The Kier molecular flexibility index (Phi) is 6.54. The van der Waals surface area contributed by atoms with Gasteiger partial charge in [-0.05, 0) is 42.3 Å². The van der Waals surface area contributed by atoms with E-state index >= 15 is 0 Å². The molecule has 4 rings (SSSR count). The molecule has 2 aromatic carbocycles. The summed E-state index contributed by atoms with van der Waals surface area (Å²) in [6.45, 7) is 11.0. The van der Waals surface area contributed by atoms with Crippen molar-refractivity contribution in [2.45, 2.75) is 38.7 Å². The number of morpholine rings is 1. The molecule has 2 aliphatic heterocycles. The number of piperazine rings is 1. The summed E-state index contributed by atoms with van der Waals surface area (Å²) in [6, 6.07) is 13.3. The summed E-state index contributed by atoms with van der Waals surface area (Å²) in [5, 5.41) is 0. The van der Waals surface area contributed by atoms with E-state index in [1.165, 1.54) is 11.6 Å². The van der Waals surface area contributed by atoms with E-state index in [1.54, 1.807) is 11.0 Å². The van der Waals surface area contributed by atoms with E-state index in [1.807, 2.05) is 18.2 Å². The molecular formula is C26H34FN3O2. The number of benzene rings is 2. The van der Waals surface area contributed by atoms with Gasteiger partial charge in [0.1, 0.15) is 11.9 Å². The molecular weight excluding hydrogens is 405 g/mol. The van der Waals surface area contributed by atoms with Gasteiger partial charge in [0.05, 0.1) is 6.61 Å². The Labute approximate surface area is 190 Å². The molecule has 172 valence electrons. The first-order chi connectivity index (χ1) is 15.2. The fraction of sp³-hybridized carbons (Fsp3) is 0.500. The standard InChI is InChI=1S/C26H34FN3O2/c1-26(2,3)19-8-10-20(11-9-19)30-16-17-32-24(25(30)31)18-21-22(27)6-5-7-23(21)29-14-12-28(4)13-15-29/h5-11,24H,12-18H2,1-4H3. The minimum Gasteiger partial charge on any atom is -0.369 e. The monoisotopic (exact) mass is 439 g/mol. The number of anilines is 2. The molecule has 0 radical (unpaired) electrons. The summed E-state index contributed by atoms with van der Waals surface area (Å²) >= 11 is 0. The summed E-state index contributed by atoms with van der Waals surface area (Å²) in [6.07, 6.45) is -0.446. The number of hydrogen-bond donors (Lipinski definition) is 0. The second-order valence-corrected chi connectivity index (χ2v) is 9.88. The first-order valence-electron chi connectivity index (χ1n) is 11.5. The summed E-state index contributed by atoms with van der Waals surface area (Å²) < 4.78 is 20.8. The van der Waals surface area contributed by atoms with Gasteiger partial charge < -0.3 is 19.4 Å². The molecule has 2 fully saturated rings. The van der Waals surface area contributed by atoms with Crippen LogP contribution in [0.15, 0.2) is 42.5 Å². The number of carbonyl (C=O) groups is 1. The third-order valence-corrected chi connectivity index (χ3v) is 6.55. The van der Waals surface area contributed by atoms with Crippen molar-refractivity contribution in [1.29, 1.82) is 0 Å². The molecule has 6 heteroatoms. The normalized spacial score (nSPS) is 20.7. The van der Waals surface area contributed by atoms with Crippen molar-refractivity contribution in [2.24, 2.45) is 0 Å². The number of carbonyl (C=O) groups excluding carboxylic acids is 1. The van der Waals surface area contributed by atoms with Gasteiger partial charge in [-0.2, -0.15) is 0 Å². The highest BCUT2D eigenvalue weighted by Gasteiger charge is 2.33. The SMILES string of the molecule is CN1CCN(c2cccc(F)c2CC2OCCN(c3ccc(C(C)(C)C)cc3)C2=O)CC1. The Hall–Kier alpha value is -2.44.